The molecular formula is C15H15N3O3S2. The first-order valence-electron chi connectivity index (χ1n) is 6.84. The molecular weight excluding hydrogens is 334 g/mol. The lowest BCUT2D eigenvalue weighted by Gasteiger charge is -2.25. The Labute approximate surface area is 138 Å². The van der Waals surface area contributed by atoms with Gasteiger partial charge in [0.15, 0.2) is 4.91 Å². The molecule has 0 spiro atoms. The number of carbonyl (C=O) groups is 1. The summed E-state index contributed by atoms with van der Waals surface area (Å²) in [6.07, 6.45) is 4.39. The van der Waals surface area contributed by atoms with Crippen molar-refractivity contribution >= 4 is 37.8 Å². The number of thiophene rings is 1. The van der Waals surface area contributed by atoms with Gasteiger partial charge in [-0.05, 0) is 31.5 Å². The summed E-state index contributed by atoms with van der Waals surface area (Å²) in [5.41, 5.74) is 1.89. The second kappa shape index (κ2) is 5.47. The topological polar surface area (TPSA) is 79.4 Å². The predicted molar refractivity (Wildman–Crippen MR) is 91.4 cm³/mol. The average molecular weight is 349 g/mol. The maximum atomic E-state index is 12.7. The molecule has 1 aliphatic heterocycles. The van der Waals surface area contributed by atoms with E-state index < -0.39 is 15.8 Å². The molecule has 3 heterocycles. The van der Waals surface area contributed by atoms with E-state index in [1.807, 2.05) is 13.8 Å². The van der Waals surface area contributed by atoms with Crippen LogP contribution < -0.4 is 9.62 Å². The molecule has 0 aliphatic carbocycles. The van der Waals surface area contributed by atoms with Gasteiger partial charge < -0.3 is 5.32 Å². The van der Waals surface area contributed by atoms with E-state index in [4.69, 9.17) is 0 Å². The molecule has 6 nitrogen and oxygen atoms in total. The van der Waals surface area contributed by atoms with E-state index in [0.717, 1.165) is 10.4 Å². The number of ketones is 1. The molecule has 120 valence electrons. The van der Waals surface area contributed by atoms with Crippen molar-refractivity contribution < 1.29 is 13.2 Å². The number of nitrogens with one attached hydrogen (secondary N) is 1. The molecule has 3 rings (SSSR count). The molecule has 2 aromatic rings. The third-order valence-electron chi connectivity index (χ3n) is 3.77. The van der Waals surface area contributed by atoms with E-state index >= 15 is 0 Å². The van der Waals surface area contributed by atoms with Gasteiger partial charge in [0, 0.05) is 24.3 Å². The van der Waals surface area contributed by atoms with Crippen molar-refractivity contribution in [1.82, 2.24) is 4.98 Å². The second-order valence-electron chi connectivity index (χ2n) is 5.16. The Morgan fingerprint density at radius 3 is 2.74 bits per heavy atom. The van der Waals surface area contributed by atoms with Crippen LogP contribution in [0.5, 0.6) is 0 Å². The summed E-state index contributed by atoms with van der Waals surface area (Å²) < 4.78 is 26.4. The minimum absolute atomic E-state index is 0.266. The number of pyridine rings is 1. The summed E-state index contributed by atoms with van der Waals surface area (Å²) in [4.78, 5) is 17.3. The Bertz CT molecular complexity index is 915. The monoisotopic (exact) mass is 349 g/mol. The molecule has 0 bridgehead atoms. The van der Waals surface area contributed by atoms with Gasteiger partial charge in [0.05, 0.1) is 17.4 Å². The van der Waals surface area contributed by atoms with Crippen molar-refractivity contribution in [2.45, 2.75) is 13.8 Å². The predicted octanol–water partition coefficient (Wildman–Crippen LogP) is 2.68. The molecule has 0 aromatic carbocycles. The standard InChI is InChI=1S/C15H15N3O3S2/c1-9-10(2)22-15-13(9)14(19)12(23(20,21)18(15)3)8-17-11-5-4-6-16-7-11/h4-8,17H,1-3H3/b12-8+. The van der Waals surface area contributed by atoms with Crippen molar-refractivity contribution in [3.05, 3.63) is 51.6 Å². The van der Waals surface area contributed by atoms with Crippen LogP contribution in [0.2, 0.25) is 0 Å². The number of hydrogen-bond acceptors (Lipinski definition) is 6. The number of sulfonamides is 1. The third-order valence-corrected chi connectivity index (χ3v) is 6.94. The molecule has 2 aromatic heterocycles. The Morgan fingerprint density at radius 2 is 2.09 bits per heavy atom. The quantitative estimate of drug-likeness (QED) is 0.843. The number of fused-ring (bicyclic) bond motifs is 1. The van der Waals surface area contributed by atoms with E-state index in [2.05, 4.69) is 10.3 Å². The van der Waals surface area contributed by atoms with E-state index in [1.165, 1.54) is 28.9 Å². The Balaban J connectivity index is 2.10. The van der Waals surface area contributed by atoms with Crippen LogP contribution >= 0.6 is 11.3 Å². The number of Topliss-reactive ketones (excluding diaryl/α,β-unsaturated/α-hetero) is 1. The fraction of sp³-hybridized carbons (Fsp3) is 0.200. The lowest BCUT2D eigenvalue weighted by molar-refractivity contribution is 0.104. The number of rotatable bonds is 2. The van der Waals surface area contributed by atoms with Crippen molar-refractivity contribution in [1.29, 1.82) is 0 Å². The summed E-state index contributed by atoms with van der Waals surface area (Å²) in [7, 11) is -2.40. The van der Waals surface area contributed by atoms with Crippen LogP contribution in [0.25, 0.3) is 0 Å². The number of hydrogen-bond donors (Lipinski definition) is 1. The molecule has 0 amide bonds. The first kappa shape index (κ1) is 15.7. The highest BCUT2D eigenvalue weighted by atomic mass is 32.2. The third kappa shape index (κ3) is 2.43. The van der Waals surface area contributed by atoms with E-state index in [-0.39, 0.29) is 4.91 Å². The van der Waals surface area contributed by atoms with Gasteiger partial charge >= 0.3 is 0 Å². The maximum absolute atomic E-state index is 12.7. The zero-order valence-electron chi connectivity index (χ0n) is 12.8. The molecule has 0 saturated heterocycles. The first-order chi connectivity index (χ1) is 10.8. The van der Waals surface area contributed by atoms with Crippen LogP contribution in [0.1, 0.15) is 20.8 Å². The van der Waals surface area contributed by atoms with Gasteiger partial charge in [-0.15, -0.1) is 11.3 Å². The molecule has 23 heavy (non-hydrogen) atoms. The Morgan fingerprint density at radius 1 is 1.35 bits per heavy atom. The van der Waals surface area contributed by atoms with Crippen molar-refractivity contribution in [3.63, 3.8) is 0 Å². The fourth-order valence-electron chi connectivity index (χ4n) is 2.33. The van der Waals surface area contributed by atoms with Gasteiger partial charge in [-0.3, -0.25) is 14.1 Å². The largest absolute Gasteiger partial charge is 0.359 e. The molecule has 0 unspecified atom stereocenters. The molecule has 0 saturated carbocycles. The molecule has 0 fully saturated rings. The number of carbonyl (C=O) groups excluding carboxylic acids is 1. The summed E-state index contributed by atoms with van der Waals surface area (Å²) in [6, 6.07) is 3.45. The average Bonchev–Trinajstić information content (AvgIpc) is 2.82. The normalized spacial score (nSPS) is 18.1. The Kier molecular flexibility index (Phi) is 3.73. The van der Waals surface area contributed by atoms with Crippen molar-refractivity contribution in [2.24, 2.45) is 0 Å². The lowest BCUT2D eigenvalue weighted by Crippen LogP contribution is -2.36. The van der Waals surface area contributed by atoms with Gasteiger partial charge in [-0.1, -0.05) is 0 Å². The number of anilines is 2. The zero-order valence-corrected chi connectivity index (χ0v) is 14.5. The van der Waals surface area contributed by atoms with Crippen molar-refractivity contribution in [3.8, 4) is 0 Å². The maximum Gasteiger partial charge on any atom is 0.270 e. The SMILES string of the molecule is Cc1sc2c(c1C)C(=O)/C(=C\Nc1cccnc1)S(=O)(=O)N2C. The van der Waals surface area contributed by atoms with Crippen LogP contribution in [0.15, 0.2) is 35.6 Å². The lowest BCUT2D eigenvalue weighted by atomic mass is 10.1. The van der Waals surface area contributed by atoms with Crippen LogP contribution in [0.4, 0.5) is 10.7 Å². The summed E-state index contributed by atoms with van der Waals surface area (Å²) in [5, 5.41) is 3.31. The molecule has 1 aliphatic rings. The highest BCUT2D eigenvalue weighted by molar-refractivity contribution is 7.98. The highest BCUT2D eigenvalue weighted by Crippen LogP contribution is 2.42. The van der Waals surface area contributed by atoms with Gasteiger partial charge in [0.2, 0.25) is 5.78 Å². The summed E-state index contributed by atoms with van der Waals surface area (Å²) >= 11 is 1.32. The van der Waals surface area contributed by atoms with Crippen LogP contribution in [0.3, 0.4) is 0 Å². The Hall–Kier alpha value is -2.19. The molecule has 0 atom stereocenters. The minimum Gasteiger partial charge on any atom is -0.359 e. The van der Waals surface area contributed by atoms with Crippen LogP contribution in [-0.2, 0) is 10.0 Å². The number of allylic oxidation sites excluding steroid dienone is 1. The van der Waals surface area contributed by atoms with E-state index in [9.17, 15) is 13.2 Å². The highest BCUT2D eigenvalue weighted by Gasteiger charge is 2.40. The number of nitrogens with zero attached hydrogens (tertiary/aromatic N) is 2. The second-order valence-corrected chi connectivity index (χ2v) is 8.30. The first-order valence-corrected chi connectivity index (χ1v) is 9.10. The molecule has 0 radical (unpaired) electrons. The van der Waals surface area contributed by atoms with Gasteiger partial charge in [-0.25, -0.2) is 8.42 Å². The number of aryl methyl sites for hydroxylation is 1. The van der Waals surface area contributed by atoms with E-state index in [0.29, 0.717) is 16.3 Å². The number of aromatic nitrogens is 1. The molecule has 1 N–H and O–H groups in total. The molecule has 8 heteroatoms. The van der Waals surface area contributed by atoms with Crippen LogP contribution in [0, 0.1) is 13.8 Å². The summed E-state index contributed by atoms with van der Waals surface area (Å²) in [5.74, 6) is -0.476. The smallest absolute Gasteiger partial charge is 0.270 e. The van der Waals surface area contributed by atoms with E-state index in [1.54, 1.807) is 24.5 Å². The van der Waals surface area contributed by atoms with Gasteiger partial charge in [0.25, 0.3) is 10.0 Å². The van der Waals surface area contributed by atoms with Crippen LogP contribution in [-0.4, -0.2) is 26.2 Å². The minimum atomic E-state index is -3.87. The fourth-order valence-corrected chi connectivity index (χ4v) is 4.91. The van der Waals surface area contributed by atoms with Crippen molar-refractivity contribution in [2.75, 3.05) is 16.7 Å². The summed E-state index contributed by atoms with van der Waals surface area (Å²) in [6.45, 7) is 3.71. The zero-order chi connectivity index (χ0) is 16.8. The van der Waals surface area contributed by atoms with Gasteiger partial charge in [0.1, 0.15) is 5.00 Å². The van der Waals surface area contributed by atoms with Gasteiger partial charge in [-0.2, -0.15) is 0 Å².